The van der Waals surface area contributed by atoms with Gasteiger partial charge in [0.15, 0.2) is 4.34 Å². The lowest BCUT2D eigenvalue weighted by molar-refractivity contribution is -0.127. The number of hydrogen-bond donors (Lipinski definition) is 2. The molecule has 0 aliphatic heterocycles. The van der Waals surface area contributed by atoms with Gasteiger partial charge in [-0.05, 0) is 17.7 Å². The van der Waals surface area contributed by atoms with E-state index < -0.39 is 0 Å². The summed E-state index contributed by atoms with van der Waals surface area (Å²) in [5.74, 6) is -0.314. The van der Waals surface area contributed by atoms with E-state index in [4.69, 9.17) is 0 Å². The Bertz CT molecular complexity index is 816. The summed E-state index contributed by atoms with van der Waals surface area (Å²) in [6, 6.07) is 17.2. The molecule has 0 atom stereocenters. The number of aromatic nitrogens is 1. The summed E-state index contributed by atoms with van der Waals surface area (Å²) >= 11 is 2.90. The fourth-order valence-corrected chi connectivity index (χ4v) is 3.91. The largest absolute Gasteiger partial charge is 0.273 e. The average Bonchev–Trinajstić information content (AvgIpc) is 3.02. The van der Waals surface area contributed by atoms with Gasteiger partial charge in [-0.15, -0.1) is 11.3 Å². The van der Waals surface area contributed by atoms with Gasteiger partial charge in [0.1, 0.15) is 0 Å². The van der Waals surface area contributed by atoms with Crippen molar-refractivity contribution < 1.29 is 9.59 Å². The first-order valence-corrected chi connectivity index (χ1v) is 9.11. The van der Waals surface area contributed by atoms with E-state index in [1.807, 2.05) is 54.6 Å². The molecular weight excluding hydrogens is 342 g/mol. The zero-order valence-corrected chi connectivity index (χ0v) is 14.3. The summed E-state index contributed by atoms with van der Waals surface area (Å²) in [5.41, 5.74) is 6.68. The molecule has 24 heavy (non-hydrogen) atoms. The van der Waals surface area contributed by atoms with Crippen LogP contribution in [0.1, 0.15) is 5.56 Å². The van der Waals surface area contributed by atoms with Crippen LogP contribution in [0.4, 0.5) is 0 Å². The SMILES string of the molecule is O=C(CSc1nc2ccccc2s1)NNC(=O)Cc1ccccc1. The highest BCUT2D eigenvalue weighted by atomic mass is 32.2. The van der Waals surface area contributed by atoms with Gasteiger partial charge in [0.2, 0.25) is 11.8 Å². The smallest absolute Gasteiger partial charge is 0.248 e. The second-order valence-electron chi connectivity index (χ2n) is 4.99. The van der Waals surface area contributed by atoms with Gasteiger partial charge in [-0.3, -0.25) is 20.4 Å². The molecule has 0 fully saturated rings. The molecule has 2 amide bonds. The maximum Gasteiger partial charge on any atom is 0.248 e. The number of thioether (sulfide) groups is 1. The molecule has 0 radical (unpaired) electrons. The number of fused-ring (bicyclic) bond motifs is 1. The van der Waals surface area contributed by atoms with Gasteiger partial charge in [0, 0.05) is 0 Å². The normalized spacial score (nSPS) is 10.5. The van der Waals surface area contributed by atoms with Crippen LogP contribution >= 0.6 is 23.1 Å². The first-order chi connectivity index (χ1) is 11.7. The van der Waals surface area contributed by atoms with Crippen molar-refractivity contribution in [1.82, 2.24) is 15.8 Å². The maximum atomic E-state index is 11.8. The number of carbonyl (C=O) groups excluding carboxylic acids is 2. The predicted molar refractivity (Wildman–Crippen MR) is 96.8 cm³/mol. The molecule has 3 aromatic rings. The van der Waals surface area contributed by atoms with Crippen molar-refractivity contribution in [3.8, 4) is 0 Å². The Morgan fingerprint density at radius 2 is 1.67 bits per heavy atom. The van der Waals surface area contributed by atoms with Crippen LogP contribution < -0.4 is 10.9 Å². The summed E-state index contributed by atoms with van der Waals surface area (Å²) in [6.45, 7) is 0. The Hall–Kier alpha value is -2.38. The number of hydrazine groups is 1. The van der Waals surface area contributed by atoms with Crippen LogP contribution in [-0.4, -0.2) is 22.6 Å². The summed E-state index contributed by atoms with van der Waals surface area (Å²) in [4.78, 5) is 28.0. The number of amides is 2. The standard InChI is InChI=1S/C17H15N3O2S2/c21-15(10-12-6-2-1-3-7-12)19-20-16(22)11-23-17-18-13-8-4-5-9-14(13)24-17/h1-9H,10-11H2,(H,19,21)(H,20,22). The molecule has 7 heteroatoms. The fourth-order valence-electron chi connectivity index (χ4n) is 2.04. The quantitative estimate of drug-likeness (QED) is 0.544. The molecule has 0 saturated heterocycles. The number of benzene rings is 2. The molecule has 0 saturated carbocycles. The predicted octanol–water partition coefficient (Wildman–Crippen LogP) is 2.78. The first kappa shape index (κ1) is 16.5. The topological polar surface area (TPSA) is 71.1 Å². The van der Waals surface area contributed by atoms with E-state index >= 15 is 0 Å². The van der Waals surface area contributed by atoms with Crippen molar-refractivity contribution in [2.45, 2.75) is 10.8 Å². The van der Waals surface area contributed by atoms with Crippen LogP contribution in [0.25, 0.3) is 10.2 Å². The van der Waals surface area contributed by atoms with E-state index in [0.29, 0.717) is 0 Å². The van der Waals surface area contributed by atoms with E-state index in [9.17, 15) is 9.59 Å². The number of carbonyl (C=O) groups is 2. The van der Waals surface area contributed by atoms with E-state index in [1.54, 1.807) is 11.3 Å². The average molecular weight is 357 g/mol. The van der Waals surface area contributed by atoms with Crippen molar-refractivity contribution in [3.05, 3.63) is 60.2 Å². The zero-order chi connectivity index (χ0) is 16.8. The molecule has 0 bridgehead atoms. The monoisotopic (exact) mass is 357 g/mol. The Kier molecular flexibility index (Phi) is 5.45. The second kappa shape index (κ2) is 7.94. The van der Waals surface area contributed by atoms with Crippen LogP contribution in [0.5, 0.6) is 0 Å². The van der Waals surface area contributed by atoms with Crippen LogP contribution in [0.3, 0.4) is 0 Å². The minimum absolute atomic E-state index is 0.200. The molecular formula is C17H15N3O2S2. The van der Waals surface area contributed by atoms with Crippen LogP contribution in [0.15, 0.2) is 58.9 Å². The van der Waals surface area contributed by atoms with Gasteiger partial charge in [0.05, 0.1) is 22.4 Å². The van der Waals surface area contributed by atoms with Crippen LogP contribution in [-0.2, 0) is 16.0 Å². The lowest BCUT2D eigenvalue weighted by atomic mass is 10.1. The van der Waals surface area contributed by atoms with E-state index in [0.717, 1.165) is 20.1 Å². The van der Waals surface area contributed by atoms with E-state index in [2.05, 4.69) is 15.8 Å². The van der Waals surface area contributed by atoms with Gasteiger partial charge >= 0.3 is 0 Å². The molecule has 0 spiro atoms. The highest BCUT2D eigenvalue weighted by molar-refractivity contribution is 8.01. The van der Waals surface area contributed by atoms with Gasteiger partial charge < -0.3 is 0 Å². The minimum Gasteiger partial charge on any atom is -0.273 e. The van der Waals surface area contributed by atoms with Crippen molar-refractivity contribution in [2.75, 3.05) is 5.75 Å². The third-order valence-electron chi connectivity index (χ3n) is 3.15. The van der Waals surface area contributed by atoms with Crippen LogP contribution in [0, 0.1) is 0 Å². The number of para-hydroxylation sites is 1. The molecule has 0 unspecified atom stereocenters. The molecule has 1 heterocycles. The lowest BCUT2D eigenvalue weighted by Crippen LogP contribution is -2.43. The van der Waals surface area contributed by atoms with Gasteiger partial charge in [-0.1, -0.05) is 54.2 Å². The summed E-state index contributed by atoms with van der Waals surface area (Å²) in [6.07, 6.45) is 0.228. The molecule has 5 nitrogen and oxygen atoms in total. The van der Waals surface area contributed by atoms with Crippen molar-refractivity contribution in [1.29, 1.82) is 0 Å². The second-order valence-corrected chi connectivity index (χ2v) is 7.25. The Balaban J connectivity index is 1.43. The zero-order valence-electron chi connectivity index (χ0n) is 12.7. The Morgan fingerprint density at radius 1 is 0.958 bits per heavy atom. The molecule has 0 aliphatic rings. The van der Waals surface area contributed by atoms with Crippen molar-refractivity contribution in [3.63, 3.8) is 0 Å². The van der Waals surface area contributed by atoms with E-state index in [1.165, 1.54) is 11.8 Å². The van der Waals surface area contributed by atoms with Gasteiger partial charge in [-0.25, -0.2) is 4.98 Å². The van der Waals surface area contributed by atoms with Gasteiger partial charge in [-0.2, -0.15) is 0 Å². The van der Waals surface area contributed by atoms with Crippen LogP contribution in [0.2, 0.25) is 0 Å². The minimum atomic E-state index is -0.263. The summed E-state index contributed by atoms with van der Waals surface area (Å²) < 4.78 is 1.93. The third kappa shape index (κ3) is 4.56. The number of hydrogen-bond acceptors (Lipinski definition) is 5. The molecule has 2 aromatic carbocycles. The summed E-state index contributed by atoms with van der Waals surface area (Å²) in [7, 11) is 0. The fraction of sp³-hybridized carbons (Fsp3) is 0.118. The van der Waals surface area contributed by atoms with E-state index in [-0.39, 0.29) is 24.0 Å². The number of nitrogens with zero attached hydrogens (tertiary/aromatic N) is 1. The number of nitrogens with one attached hydrogen (secondary N) is 2. The summed E-state index contributed by atoms with van der Waals surface area (Å²) in [5, 5.41) is 0. The molecule has 2 N–H and O–H groups in total. The highest BCUT2D eigenvalue weighted by Crippen LogP contribution is 2.28. The lowest BCUT2D eigenvalue weighted by Gasteiger charge is -2.06. The molecule has 3 rings (SSSR count). The molecule has 0 aliphatic carbocycles. The van der Waals surface area contributed by atoms with Crippen molar-refractivity contribution in [2.24, 2.45) is 0 Å². The van der Waals surface area contributed by atoms with Gasteiger partial charge in [0.25, 0.3) is 0 Å². The first-order valence-electron chi connectivity index (χ1n) is 7.31. The maximum absolute atomic E-state index is 11.8. The van der Waals surface area contributed by atoms with Crippen molar-refractivity contribution >= 4 is 45.1 Å². The highest BCUT2D eigenvalue weighted by Gasteiger charge is 2.09. The third-order valence-corrected chi connectivity index (χ3v) is 5.33. The Morgan fingerprint density at radius 3 is 2.46 bits per heavy atom. The molecule has 1 aromatic heterocycles. The molecule has 122 valence electrons. The number of thiazole rings is 1. The number of rotatable bonds is 5. The Labute approximate surface area is 147 Å².